The van der Waals surface area contributed by atoms with Crippen LogP contribution in [0.5, 0.6) is 0 Å². The highest BCUT2D eigenvalue weighted by Gasteiger charge is 2.52. The van der Waals surface area contributed by atoms with Gasteiger partial charge in [-0.3, -0.25) is 0 Å². The first-order chi connectivity index (χ1) is 26.8. The van der Waals surface area contributed by atoms with E-state index < -0.39 is 5.41 Å². The first-order valence-corrected chi connectivity index (χ1v) is 19.1. The minimum atomic E-state index is -0.468. The van der Waals surface area contributed by atoms with Crippen LogP contribution in [0, 0.1) is 5.92 Å². The molecule has 0 saturated heterocycles. The summed E-state index contributed by atoms with van der Waals surface area (Å²) in [7, 11) is 0. The highest BCUT2D eigenvalue weighted by molar-refractivity contribution is 5.98. The lowest BCUT2D eigenvalue weighted by Crippen LogP contribution is -2.26. The first-order valence-electron chi connectivity index (χ1n) is 19.1. The third-order valence-corrected chi connectivity index (χ3v) is 12.6. The fourth-order valence-corrected chi connectivity index (χ4v) is 10.4. The van der Waals surface area contributed by atoms with Gasteiger partial charge in [0.25, 0.3) is 0 Å². The monoisotopic (exact) mass is 685 g/mol. The second-order valence-corrected chi connectivity index (χ2v) is 15.1. The summed E-state index contributed by atoms with van der Waals surface area (Å²) < 4.78 is 0. The average Bonchev–Trinajstić information content (AvgIpc) is 3.70. The van der Waals surface area contributed by atoms with E-state index in [1.807, 2.05) is 0 Å². The van der Waals surface area contributed by atoms with E-state index >= 15 is 0 Å². The molecule has 1 nitrogen and oxygen atoms in total. The number of hydrogen-bond acceptors (Lipinski definition) is 1. The van der Waals surface area contributed by atoms with Crippen LogP contribution in [0.2, 0.25) is 0 Å². The summed E-state index contributed by atoms with van der Waals surface area (Å²) >= 11 is 0. The van der Waals surface area contributed by atoms with Crippen molar-refractivity contribution < 1.29 is 0 Å². The molecule has 6 aromatic rings. The minimum Gasteiger partial charge on any atom is -0.310 e. The molecule has 0 fully saturated rings. The average molecular weight is 686 g/mol. The first kappa shape index (κ1) is 29.8. The maximum Gasteiger partial charge on any atom is 0.0726 e. The van der Waals surface area contributed by atoms with E-state index in [9.17, 15) is 0 Å². The molecule has 1 unspecified atom stereocenters. The summed E-state index contributed by atoms with van der Waals surface area (Å²) in [4.78, 5) is 2.39. The molecule has 0 aromatic heterocycles. The fourth-order valence-electron chi connectivity index (χ4n) is 10.4. The highest BCUT2D eigenvalue weighted by atomic mass is 15.1. The molecular weight excluding hydrogens is 651 g/mol. The second kappa shape index (κ2) is 11.2. The zero-order valence-corrected chi connectivity index (χ0v) is 29.7. The van der Waals surface area contributed by atoms with Gasteiger partial charge in [0, 0.05) is 23.0 Å². The SMILES string of the molecule is C1=CC2=C3C(=CC=C4C(c5ccc6c(c5)C5(c7ccccc7-c7ccccc75)c5cc(N(c7ccccc7)c7ccccc7)ccc5-6)=CC=C(C=C2)C43)C1. The van der Waals surface area contributed by atoms with Gasteiger partial charge >= 0.3 is 0 Å². The molecule has 0 aliphatic heterocycles. The molecule has 6 aliphatic carbocycles. The van der Waals surface area contributed by atoms with Gasteiger partial charge in [0.2, 0.25) is 0 Å². The van der Waals surface area contributed by atoms with Crippen LogP contribution in [0.3, 0.4) is 0 Å². The molecular formula is C53H35N. The van der Waals surface area contributed by atoms with E-state index in [1.165, 1.54) is 83.5 Å². The summed E-state index contributed by atoms with van der Waals surface area (Å²) in [5.41, 5.74) is 23.4. The molecule has 12 rings (SSSR count). The van der Waals surface area contributed by atoms with Crippen LogP contribution in [0.4, 0.5) is 17.1 Å². The fraction of sp³-hybridized carbons (Fsp3) is 0.0566. The number of nitrogens with zero attached hydrogens (tertiary/aromatic N) is 1. The van der Waals surface area contributed by atoms with Crippen molar-refractivity contribution in [1.29, 1.82) is 0 Å². The van der Waals surface area contributed by atoms with E-state index in [1.54, 1.807) is 0 Å². The van der Waals surface area contributed by atoms with Crippen molar-refractivity contribution in [3.8, 4) is 22.3 Å². The van der Waals surface area contributed by atoms with Crippen LogP contribution < -0.4 is 4.90 Å². The van der Waals surface area contributed by atoms with Crippen molar-refractivity contribution in [2.45, 2.75) is 11.8 Å². The second-order valence-electron chi connectivity index (χ2n) is 15.1. The van der Waals surface area contributed by atoms with E-state index in [0.29, 0.717) is 0 Å². The van der Waals surface area contributed by atoms with Crippen LogP contribution in [0.1, 0.15) is 34.2 Å². The number of allylic oxidation sites excluding steroid dienone is 14. The summed E-state index contributed by atoms with van der Waals surface area (Å²) in [5, 5.41) is 0. The molecule has 1 spiro atoms. The predicted molar refractivity (Wildman–Crippen MR) is 223 cm³/mol. The molecule has 0 radical (unpaired) electrons. The van der Waals surface area contributed by atoms with Gasteiger partial charge in [-0.05, 0) is 132 Å². The topological polar surface area (TPSA) is 3.24 Å². The Bertz CT molecular complexity index is 2750. The van der Waals surface area contributed by atoms with Crippen LogP contribution in [-0.4, -0.2) is 0 Å². The Morgan fingerprint density at radius 1 is 0.481 bits per heavy atom. The van der Waals surface area contributed by atoms with Gasteiger partial charge in [-0.2, -0.15) is 0 Å². The molecule has 0 amide bonds. The summed E-state index contributed by atoms with van der Waals surface area (Å²) in [5.74, 6) is 0.284. The number of anilines is 3. The molecule has 6 aliphatic rings. The van der Waals surface area contributed by atoms with Crippen molar-refractivity contribution in [1.82, 2.24) is 0 Å². The Kier molecular flexibility index (Phi) is 6.16. The normalized spacial score (nSPS) is 18.5. The maximum absolute atomic E-state index is 2.54. The van der Waals surface area contributed by atoms with Crippen molar-refractivity contribution >= 4 is 22.6 Å². The largest absolute Gasteiger partial charge is 0.310 e. The van der Waals surface area contributed by atoms with Gasteiger partial charge in [-0.1, -0.05) is 152 Å². The van der Waals surface area contributed by atoms with Crippen LogP contribution >= 0.6 is 0 Å². The number of benzene rings is 6. The van der Waals surface area contributed by atoms with Crippen molar-refractivity contribution in [3.63, 3.8) is 0 Å². The van der Waals surface area contributed by atoms with E-state index in [2.05, 4.69) is 199 Å². The summed E-state index contributed by atoms with van der Waals surface area (Å²) in [6, 6.07) is 54.3. The maximum atomic E-state index is 2.54. The van der Waals surface area contributed by atoms with Crippen LogP contribution in [0.25, 0.3) is 27.8 Å². The van der Waals surface area contributed by atoms with Crippen molar-refractivity contribution in [2.24, 2.45) is 5.92 Å². The molecule has 0 N–H and O–H groups in total. The lowest BCUT2D eigenvalue weighted by Gasteiger charge is -2.37. The molecule has 1 heteroatoms. The van der Waals surface area contributed by atoms with Crippen molar-refractivity contribution in [3.05, 3.63) is 250 Å². The Morgan fingerprint density at radius 2 is 1.11 bits per heavy atom. The quantitative estimate of drug-likeness (QED) is 0.178. The van der Waals surface area contributed by atoms with Gasteiger partial charge in [-0.25, -0.2) is 0 Å². The van der Waals surface area contributed by atoms with E-state index in [4.69, 9.17) is 0 Å². The smallest absolute Gasteiger partial charge is 0.0726 e. The Hall–Kier alpha value is -6.70. The predicted octanol–water partition coefficient (Wildman–Crippen LogP) is 13.1. The van der Waals surface area contributed by atoms with E-state index in [0.717, 1.165) is 23.5 Å². The molecule has 252 valence electrons. The summed E-state index contributed by atoms with van der Waals surface area (Å²) in [6.07, 6.45) is 19.8. The van der Waals surface area contributed by atoms with Crippen LogP contribution in [-0.2, 0) is 5.41 Å². The van der Waals surface area contributed by atoms with Crippen LogP contribution in [0.15, 0.2) is 222 Å². The Morgan fingerprint density at radius 3 is 1.83 bits per heavy atom. The Labute approximate surface area is 316 Å². The third-order valence-electron chi connectivity index (χ3n) is 12.6. The Balaban J connectivity index is 1.10. The van der Waals surface area contributed by atoms with E-state index in [-0.39, 0.29) is 5.92 Å². The molecule has 54 heavy (non-hydrogen) atoms. The van der Waals surface area contributed by atoms with Gasteiger partial charge in [0.05, 0.1) is 5.41 Å². The molecule has 6 aromatic carbocycles. The molecule has 0 bridgehead atoms. The third kappa shape index (κ3) is 3.94. The number of hydrogen-bond donors (Lipinski definition) is 0. The molecule has 0 heterocycles. The molecule has 0 saturated carbocycles. The lowest BCUT2D eigenvalue weighted by atomic mass is 9.66. The number of para-hydroxylation sites is 2. The van der Waals surface area contributed by atoms with Gasteiger partial charge in [0.15, 0.2) is 0 Å². The van der Waals surface area contributed by atoms with Gasteiger partial charge in [-0.15, -0.1) is 0 Å². The number of fused-ring (bicyclic) bond motifs is 10. The zero-order valence-electron chi connectivity index (χ0n) is 29.7. The lowest BCUT2D eigenvalue weighted by molar-refractivity contribution is 0.793. The number of rotatable bonds is 4. The standard InChI is InChI=1S/C53H35N/c1-3-14-38(15-4-1)54(39-16-5-2-6-17-39)40-27-31-45-44-29-26-37(41-28-24-36-23-22-34-12-11-13-35-25-30-46(41)52(36)51(34)35)32-49(44)53(50(45)33-40)47-20-9-7-18-42(47)43-19-8-10-21-48(43)53/h1-12,14-33,52H,13H2. The van der Waals surface area contributed by atoms with Gasteiger partial charge < -0.3 is 4.90 Å². The summed E-state index contributed by atoms with van der Waals surface area (Å²) in [6.45, 7) is 0. The molecule has 1 atom stereocenters. The minimum absolute atomic E-state index is 0.284. The highest BCUT2D eigenvalue weighted by Crippen LogP contribution is 2.64. The zero-order chi connectivity index (χ0) is 35.4. The van der Waals surface area contributed by atoms with Gasteiger partial charge in [0.1, 0.15) is 0 Å². The van der Waals surface area contributed by atoms with Crippen molar-refractivity contribution in [2.75, 3.05) is 4.90 Å².